The van der Waals surface area contributed by atoms with E-state index < -0.39 is 0 Å². The van der Waals surface area contributed by atoms with Crippen LogP contribution < -0.4 is 14.8 Å². The molecule has 2 heterocycles. The number of pyridine rings is 1. The van der Waals surface area contributed by atoms with Crippen LogP contribution in [0, 0.1) is 0 Å². The van der Waals surface area contributed by atoms with Crippen molar-refractivity contribution in [3.05, 3.63) is 82.2 Å². The van der Waals surface area contributed by atoms with Crippen molar-refractivity contribution in [1.82, 2.24) is 4.98 Å². The maximum absolute atomic E-state index is 11.3. The Labute approximate surface area is 173 Å². The van der Waals surface area contributed by atoms with Gasteiger partial charge in [0.2, 0.25) is 11.8 Å². The SMILES string of the molecule is CC(=O)Nc1ccc(Oc2ccc3c(c2)CCC(c2ccccc2)O3)nc1N=[N+]=[N-]. The van der Waals surface area contributed by atoms with Gasteiger partial charge in [0.15, 0.2) is 5.82 Å². The molecule has 0 saturated heterocycles. The summed E-state index contributed by atoms with van der Waals surface area (Å²) in [4.78, 5) is 18.2. The smallest absolute Gasteiger partial charge is 0.221 e. The average Bonchev–Trinajstić information content (AvgIpc) is 2.76. The Balaban J connectivity index is 1.52. The van der Waals surface area contributed by atoms with Crippen molar-refractivity contribution in [2.24, 2.45) is 5.11 Å². The Morgan fingerprint density at radius 1 is 1.23 bits per heavy atom. The molecule has 0 spiro atoms. The summed E-state index contributed by atoms with van der Waals surface area (Å²) in [5.41, 5.74) is 11.3. The van der Waals surface area contributed by atoms with Crippen LogP contribution >= 0.6 is 0 Å². The van der Waals surface area contributed by atoms with Crippen molar-refractivity contribution in [3.63, 3.8) is 0 Å². The zero-order valence-corrected chi connectivity index (χ0v) is 16.3. The second-order valence-electron chi connectivity index (χ2n) is 6.82. The van der Waals surface area contributed by atoms with Gasteiger partial charge in [-0.2, -0.15) is 0 Å². The number of ether oxygens (including phenoxy) is 2. The van der Waals surface area contributed by atoms with Crippen LogP contribution in [0.5, 0.6) is 17.4 Å². The molecular formula is C22H19N5O3. The van der Waals surface area contributed by atoms with Gasteiger partial charge in [0.25, 0.3) is 0 Å². The molecule has 3 aromatic rings. The van der Waals surface area contributed by atoms with Gasteiger partial charge in [-0.05, 0) is 58.9 Å². The van der Waals surface area contributed by atoms with Gasteiger partial charge >= 0.3 is 0 Å². The number of fused-ring (bicyclic) bond motifs is 1. The number of hydrogen-bond acceptors (Lipinski definition) is 5. The molecule has 0 fully saturated rings. The van der Waals surface area contributed by atoms with Gasteiger partial charge in [0.05, 0.1) is 5.69 Å². The molecule has 8 nitrogen and oxygen atoms in total. The normalized spacial score (nSPS) is 14.6. The Morgan fingerprint density at radius 3 is 2.83 bits per heavy atom. The molecule has 0 radical (unpaired) electrons. The maximum Gasteiger partial charge on any atom is 0.221 e. The average molecular weight is 401 g/mol. The number of benzene rings is 2. The molecule has 4 rings (SSSR count). The summed E-state index contributed by atoms with van der Waals surface area (Å²) < 4.78 is 12.0. The summed E-state index contributed by atoms with van der Waals surface area (Å²) in [6, 6.07) is 19.0. The topological polar surface area (TPSA) is 109 Å². The molecular weight excluding hydrogens is 382 g/mol. The van der Waals surface area contributed by atoms with E-state index in [2.05, 4.69) is 32.5 Å². The van der Waals surface area contributed by atoms with Crippen molar-refractivity contribution < 1.29 is 14.3 Å². The molecule has 8 heteroatoms. The van der Waals surface area contributed by atoms with E-state index in [0.29, 0.717) is 11.4 Å². The zero-order valence-electron chi connectivity index (χ0n) is 16.3. The van der Waals surface area contributed by atoms with Crippen molar-refractivity contribution in [3.8, 4) is 17.4 Å². The van der Waals surface area contributed by atoms with Crippen LogP contribution in [-0.2, 0) is 11.2 Å². The number of rotatable bonds is 5. The Kier molecular flexibility index (Phi) is 5.50. The Hall–Kier alpha value is -4.03. The monoisotopic (exact) mass is 401 g/mol. The molecule has 1 amide bonds. The first-order valence-electron chi connectivity index (χ1n) is 9.48. The molecule has 1 aliphatic heterocycles. The molecule has 30 heavy (non-hydrogen) atoms. The van der Waals surface area contributed by atoms with Gasteiger partial charge in [-0.1, -0.05) is 30.3 Å². The van der Waals surface area contributed by atoms with E-state index in [4.69, 9.17) is 15.0 Å². The van der Waals surface area contributed by atoms with Crippen molar-refractivity contribution in [2.75, 3.05) is 5.32 Å². The number of aryl methyl sites for hydroxylation is 1. The minimum atomic E-state index is -0.289. The number of azide groups is 1. The highest BCUT2D eigenvalue weighted by atomic mass is 16.5. The fourth-order valence-electron chi connectivity index (χ4n) is 3.35. The predicted molar refractivity (Wildman–Crippen MR) is 112 cm³/mol. The van der Waals surface area contributed by atoms with Gasteiger partial charge in [-0.15, -0.1) is 0 Å². The predicted octanol–water partition coefficient (Wildman–Crippen LogP) is 5.84. The van der Waals surface area contributed by atoms with Crippen LogP contribution in [0.4, 0.5) is 11.5 Å². The van der Waals surface area contributed by atoms with Crippen molar-refractivity contribution in [2.45, 2.75) is 25.9 Å². The lowest BCUT2D eigenvalue weighted by Gasteiger charge is -2.26. The third kappa shape index (κ3) is 4.34. The summed E-state index contributed by atoms with van der Waals surface area (Å²) in [5.74, 6) is 1.44. The molecule has 0 bridgehead atoms. The van der Waals surface area contributed by atoms with Crippen molar-refractivity contribution in [1.29, 1.82) is 0 Å². The molecule has 0 aliphatic carbocycles. The van der Waals surface area contributed by atoms with Gasteiger partial charge in [0, 0.05) is 17.9 Å². The van der Waals surface area contributed by atoms with Crippen LogP contribution in [0.25, 0.3) is 10.4 Å². The standard InChI is InChI=1S/C22H19N5O3/c1-14(28)24-18-9-12-21(25-22(18)26-27-23)29-17-8-11-20-16(13-17)7-10-19(30-20)15-5-3-2-4-6-15/h2-6,8-9,11-13,19H,7,10H2,1H3,(H,24,28). The number of hydrogen-bond donors (Lipinski definition) is 1. The highest BCUT2D eigenvalue weighted by Crippen LogP contribution is 2.37. The lowest BCUT2D eigenvalue weighted by Crippen LogP contribution is -2.15. The van der Waals surface area contributed by atoms with Gasteiger partial charge in [0.1, 0.15) is 17.6 Å². The minimum Gasteiger partial charge on any atom is -0.485 e. The summed E-state index contributed by atoms with van der Waals surface area (Å²) in [7, 11) is 0. The van der Waals surface area contributed by atoms with Crippen molar-refractivity contribution >= 4 is 17.4 Å². The first-order valence-corrected chi connectivity index (χ1v) is 9.48. The van der Waals surface area contributed by atoms with E-state index in [-0.39, 0.29) is 23.7 Å². The van der Waals surface area contributed by atoms with Crippen LogP contribution in [0.2, 0.25) is 0 Å². The second kappa shape index (κ2) is 8.55. The Morgan fingerprint density at radius 2 is 2.07 bits per heavy atom. The third-order valence-electron chi connectivity index (χ3n) is 4.67. The molecule has 1 aliphatic rings. The quantitative estimate of drug-likeness (QED) is 0.329. The summed E-state index contributed by atoms with van der Waals surface area (Å²) in [5, 5.41) is 6.09. The van der Waals surface area contributed by atoms with Crippen LogP contribution in [-0.4, -0.2) is 10.9 Å². The van der Waals surface area contributed by atoms with E-state index in [1.54, 1.807) is 12.1 Å². The van der Waals surface area contributed by atoms with Crippen LogP contribution in [0.15, 0.2) is 65.8 Å². The third-order valence-corrected chi connectivity index (χ3v) is 4.67. The van der Waals surface area contributed by atoms with Gasteiger partial charge < -0.3 is 14.8 Å². The van der Waals surface area contributed by atoms with Gasteiger partial charge in [-0.3, -0.25) is 4.79 Å². The number of aromatic nitrogens is 1. The number of nitrogens with one attached hydrogen (secondary N) is 1. The lowest BCUT2D eigenvalue weighted by atomic mass is 9.97. The minimum absolute atomic E-state index is 0.0391. The van der Waals surface area contributed by atoms with Crippen LogP contribution in [0.1, 0.15) is 30.6 Å². The lowest BCUT2D eigenvalue weighted by molar-refractivity contribution is -0.114. The highest BCUT2D eigenvalue weighted by Gasteiger charge is 2.21. The first kappa shape index (κ1) is 19.3. The highest BCUT2D eigenvalue weighted by molar-refractivity contribution is 5.91. The number of nitrogens with zero attached hydrogens (tertiary/aromatic N) is 4. The fraction of sp³-hybridized carbons (Fsp3) is 0.182. The Bertz CT molecular complexity index is 1130. The van der Waals surface area contributed by atoms with E-state index in [0.717, 1.165) is 29.7 Å². The zero-order chi connectivity index (χ0) is 20.9. The van der Waals surface area contributed by atoms with E-state index in [1.165, 1.54) is 6.92 Å². The summed E-state index contributed by atoms with van der Waals surface area (Å²) in [6.45, 7) is 1.36. The number of anilines is 1. The molecule has 1 aromatic heterocycles. The second-order valence-corrected chi connectivity index (χ2v) is 6.82. The van der Waals surface area contributed by atoms with Crippen LogP contribution in [0.3, 0.4) is 0 Å². The number of carbonyl (C=O) groups excluding carboxylic acids is 1. The first-order chi connectivity index (χ1) is 14.6. The molecule has 150 valence electrons. The molecule has 1 N–H and O–H groups in total. The summed E-state index contributed by atoms with van der Waals surface area (Å²) >= 11 is 0. The van der Waals surface area contributed by atoms with E-state index in [1.807, 2.05) is 36.4 Å². The number of amides is 1. The summed E-state index contributed by atoms with van der Waals surface area (Å²) in [6.07, 6.45) is 1.79. The largest absolute Gasteiger partial charge is 0.485 e. The molecule has 1 atom stereocenters. The molecule has 1 unspecified atom stereocenters. The fourth-order valence-corrected chi connectivity index (χ4v) is 3.35. The van der Waals surface area contributed by atoms with E-state index >= 15 is 0 Å². The van der Waals surface area contributed by atoms with E-state index in [9.17, 15) is 4.79 Å². The maximum atomic E-state index is 11.3. The van der Waals surface area contributed by atoms with Gasteiger partial charge in [-0.25, -0.2) is 4.98 Å². The molecule has 2 aromatic carbocycles. The number of carbonyl (C=O) groups is 1. The molecule has 0 saturated carbocycles.